The summed E-state index contributed by atoms with van der Waals surface area (Å²) in [4.78, 5) is 0.0736. The minimum absolute atomic E-state index is 0.0434. The summed E-state index contributed by atoms with van der Waals surface area (Å²) in [5.74, 6) is 0.0434. The van der Waals surface area contributed by atoms with Crippen molar-refractivity contribution in [3.05, 3.63) is 17.5 Å². The maximum absolute atomic E-state index is 11.7. The van der Waals surface area contributed by atoms with Crippen molar-refractivity contribution in [3.8, 4) is 0 Å². The van der Waals surface area contributed by atoms with E-state index in [4.69, 9.17) is 5.73 Å². The first-order chi connectivity index (χ1) is 9.32. The molecule has 7 nitrogen and oxygen atoms in total. The molecule has 0 aliphatic rings. The van der Waals surface area contributed by atoms with Gasteiger partial charge < -0.3 is 11.1 Å². The Balaban J connectivity index is 2.24. The standard InChI is InChI=1S/C11H17N5O2S2/c1-4-8-7(6-16(2)14-8)5-13-11-9(20(3,17)18)10(12)15-19-11/h6,13H,4-5H2,1-3H3,(H2,12,15). The van der Waals surface area contributed by atoms with E-state index in [2.05, 4.69) is 14.8 Å². The summed E-state index contributed by atoms with van der Waals surface area (Å²) in [5.41, 5.74) is 7.63. The number of nitrogens with one attached hydrogen (secondary N) is 1. The van der Waals surface area contributed by atoms with Gasteiger partial charge in [0.1, 0.15) is 9.90 Å². The highest BCUT2D eigenvalue weighted by atomic mass is 32.2. The molecule has 0 amide bonds. The lowest BCUT2D eigenvalue weighted by Crippen LogP contribution is -2.06. The Morgan fingerprint density at radius 3 is 2.80 bits per heavy atom. The van der Waals surface area contributed by atoms with Crippen molar-refractivity contribution in [1.29, 1.82) is 0 Å². The molecule has 20 heavy (non-hydrogen) atoms. The van der Waals surface area contributed by atoms with Crippen LogP contribution in [0.5, 0.6) is 0 Å². The Labute approximate surface area is 121 Å². The van der Waals surface area contributed by atoms with Gasteiger partial charge in [0.05, 0.1) is 5.69 Å². The molecule has 0 spiro atoms. The fourth-order valence-electron chi connectivity index (χ4n) is 1.97. The minimum Gasteiger partial charge on any atom is -0.382 e. The van der Waals surface area contributed by atoms with Gasteiger partial charge in [0, 0.05) is 31.6 Å². The van der Waals surface area contributed by atoms with Gasteiger partial charge in [0.2, 0.25) is 0 Å². The molecular formula is C11H17N5O2S2. The van der Waals surface area contributed by atoms with Gasteiger partial charge in [-0.1, -0.05) is 6.92 Å². The quantitative estimate of drug-likeness (QED) is 0.854. The fraction of sp³-hybridized carbons (Fsp3) is 0.455. The molecule has 0 bridgehead atoms. The number of aromatic nitrogens is 3. The number of nitrogens with two attached hydrogens (primary N) is 1. The van der Waals surface area contributed by atoms with Crippen LogP contribution in [-0.2, 0) is 29.9 Å². The molecule has 0 aliphatic heterocycles. The molecule has 3 N–H and O–H groups in total. The third-order valence-corrected chi connectivity index (χ3v) is 4.91. The van der Waals surface area contributed by atoms with Gasteiger partial charge in [0.15, 0.2) is 15.7 Å². The maximum Gasteiger partial charge on any atom is 0.182 e. The molecule has 0 unspecified atom stereocenters. The topological polar surface area (TPSA) is 103 Å². The first-order valence-electron chi connectivity index (χ1n) is 6.03. The van der Waals surface area contributed by atoms with Crippen LogP contribution in [0, 0.1) is 0 Å². The van der Waals surface area contributed by atoms with E-state index in [1.165, 1.54) is 0 Å². The van der Waals surface area contributed by atoms with Crippen LogP contribution in [0.25, 0.3) is 0 Å². The number of nitrogen functional groups attached to an aromatic ring is 1. The summed E-state index contributed by atoms with van der Waals surface area (Å²) in [6, 6.07) is 0. The first kappa shape index (κ1) is 14.8. The Morgan fingerprint density at radius 1 is 1.50 bits per heavy atom. The number of aryl methyl sites for hydroxylation is 2. The highest BCUT2D eigenvalue weighted by molar-refractivity contribution is 7.91. The van der Waals surface area contributed by atoms with E-state index in [1.54, 1.807) is 4.68 Å². The van der Waals surface area contributed by atoms with E-state index < -0.39 is 9.84 Å². The zero-order valence-corrected chi connectivity index (χ0v) is 13.2. The van der Waals surface area contributed by atoms with Crippen LogP contribution < -0.4 is 11.1 Å². The number of hydrogen-bond donors (Lipinski definition) is 2. The molecule has 110 valence electrons. The second-order valence-corrected chi connectivity index (χ2v) is 7.21. The van der Waals surface area contributed by atoms with E-state index in [0.29, 0.717) is 11.5 Å². The van der Waals surface area contributed by atoms with E-state index in [1.807, 2.05) is 20.2 Å². The fourth-order valence-corrected chi connectivity index (χ4v) is 4.03. The van der Waals surface area contributed by atoms with Crippen molar-refractivity contribution < 1.29 is 8.42 Å². The zero-order chi connectivity index (χ0) is 14.9. The smallest absolute Gasteiger partial charge is 0.182 e. The third kappa shape index (κ3) is 2.93. The van der Waals surface area contributed by atoms with Crippen LogP contribution >= 0.6 is 11.5 Å². The van der Waals surface area contributed by atoms with E-state index in [-0.39, 0.29) is 10.7 Å². The van der Waals surface area contributed by atoms with Crippen LogP contribution in [-0.4, -0.2) is 28.8 Å². The van der Waals surface area contributed by atoms with Gasteiger partial charge in [-0.05, 0) is 18.0 Å². The third-order valence-electron chi connectivity index (χ3n) is 2.81. The Morgan fingerprint density at radius 2 is 2.20 bits per heavy atom. The van der Waals surface area contributed by atoms with Crippen molar-refractivity contribution in [3.63, 3.8) is 0 Å². The highest BCUT2D eigenvalue weighted by Gasteiger charge is 2.21. The minimum atomic E-state index is -3.40. The van der Waals surface area contributed by atoms with Crippen molar-refractivity contribution in [1.82, 2.24) is 14.2 Å². The van der Waals surface area contributed by atoms with E-state index >= 15 is 0 Å². The van der Waals surface area contributed by atoms with Crippen LogP contribution in [0.1, 0.15) is 18.2 Å². The molecule has 9 heteroatoms. The van der Waals surface area contributed by atoms with Crippen LogP contribution in [0.15, 0.2) is 11.1 Å². The molecule has 0 fully saturated rings. The summed E-state index contributed by atoms with van der Waals surface area (Å²) in [6.45, 7) is 2.51. The van der Waals surface area contributed by atoms with Gasteiger partial charge in [-0.25, -0.2) is 8.42 Å². The molecule has 0 saturated heterocycles. The van der Waals surface area contributed by atoms with E-state index in [0.717, 1.165) is 35.5 Å². The molecule has 0 aliphatic carbocycles. The second-order valence-electron chi connectivity index (χ2n) is 4.48. The van der Waals surface area contributed by atoms with Crippen LogP contribution in [0.4, 0.5) is 10.8 Å². The summed E-state index contributed by atoms with van der Waals surface area (Å²) in [5, 5.41) is 7.90. The van der Waals surface area contributed by atoms with Gasteiger partial charge in [0.25, 0.3) is 0 Å². The normalized spacial score (nSPS) is 11.8. The van der Waals surface area contributed by atoms with Gasteiger partial charge in [-0.15, -0.1) is 0 Å². The maximum atomic E-state index is 11.7. The second kappa shape index (κ2) is 5.41. The van der Waals surface area contributed by atoms with Gasteiger partial charge in [-0.3, -0.25) is 4.68 Å². The predicted molar refractivity (Wildman–Crippen MR) is 79.5 cm³/mol. The average Bonchev–Trinajstić information content (AvgIpc) is 2.88. The van der Waals surface area contributed by atoms with Crippen molar-refractivity contribution in [2.75, 3.05) is 17.3 Å². The Hall–Kier alpha value is -1.61. The summed E-state index contributed by atoms with van der Waals surface area (Å²) in [6.07, 6.45) is 3.86. The van der Waals surface area contributed by atoms with E-state index in [9.17, 15) is 8.42 Å². The van der Waals surface area contributed by atoms with Crippen molar-refractivity contribution in [2.24, 2.45) is 7.05 Å². The Bertz CT molecular complexity index is 717. The van der Waals surface area contributed by atoms with Gasteiger partial charge >= 0.3 is 0 Å². The zero-order valence-electron chi connectivity index (χ0n) is 11.5. The molecule has 2 rings (SSSR count). The molecule has 0 radical (unpaired) electrons. The van der Waals surface area contributed by atoms with Crippen LogP contribution in [0.3, 0.4) is 0 Å². The average molecular weight is 315 g/mol. The number of rotatable bonds is 5. The molecular weight excluding hydrogens is 298 g/mol. The molecule has 0 aromatic carbocycles. The monoisotopic (exact) mass is 315 g/mol. The molecule has 0 saturated carbocycles. The molecule has 2 aromatic rings. The molecule has 2 aromatic heterocycles. The number of anilines is 2. The number of hydrogen-bond acceptors (Lipinski definition) is 7. The highest BCUT2D eigenvalue weighted by Crippen LogP contribution is 2.31. The lowest BCUT2D eigenvalue weighted by atomic mass is 10.2. The lowest BCUT2D eigenvalue weighted by Gasteiger charge is -2.05. The summed E-state index contributed by atoms with van der Waals surface area (Å²) >= 11 is 1.05. The number of sulfone groups is 1. The molecule has 0 atom stereocenters. The Kier molecular flexibility index (Phi) is 4.00. The lowest BCUT2D eigenvalue weighted by molar-refractivity contribution is 0.602. The SMILES string of the molecule is CCc1nn(C)cc1CNc1snc(N)c1S(C)(=O)=O. The largest absolute Gasteiger partial charge is 0.382 e. The predicted octanol–water partition coefficient (Wildman–Crippen LogP) is 1.04. The van der Waals surface area contributed by atoms with Crippen molar-refractivity contribution >= 4 is 32.2 Å². The van der Waals surface area contributed by atoms with Crippen molar-refractivity contribution in [2.45, 2.75) is 24.8 Å². The van der Waals surface area contributed by atoms with Gasteiger partial charge in [-0.2, -0.15) is 9.47 Å². The summed E-state index contributed by atoms with van der Waals surface area (Å²) in [7, 11) is -1.54. The molecule has 2 heterocycles. The number of nitrogens with zero attached hydrogens (tertiary/aromatic N) is 3. The van der Waals surface area contributed by atoms with Crippen LogP contribution in [0.2, 0.25) is 0 Å². The first-order valence-corrected chi connectivity index (χ1v) is 8.69. The summed E-state index contributed by atoms with van der Waals surface area (Å²) < 4.78 is 29.1.